The molecule has 2 aromatic heterocycles. The van der Waals surface area contributed by atoms with Crippen molar-refractivity contribution in [2.45, 2.75) is 39.5 Å². The Balaban J connectivity index is 0.00000261. The molecule has 150 valence electrons. The number of hydrogen-bond acceptors (Lipinski definition) is 5. The maximum Gasteiger partial charge on any atom is 0.191 e. The summed E-state index contributed by atoms with van der Waals surface area (Å²) >= 11 is 0. The number of rotatable bonds is 8. The van der Waals surface area contributed by atoms with Crippen LogP contribution in [0, 0.1) is 5.41 Å². The van der Waals surface area contributed by atoms with Crippen molar-refractivity contribution < 1.29 is 0 Å². The Kier molecular flexibility index (Phi) is 8.06. The molecule has 3 rings (SSSR count). The molecule has 8 nitrogen and oxygen atoms in total. The van der Waals surface area contributed by atoms with Crippen LogP contribution in [-0.4, -0.2) is 51.9 Å². The lowest BCUT2D eigenvalue weighted by molar-refractivity contribution is 0.139. The Hall–Kier alpha value is -1.65. The van der Waals surface area contributed by atoms with Crippen molar-refractivity contribution in [1.29, 1.82) is 0 Å². The number of aryl methyl sites for hydroxylation is 1. The minimum Gasteiger partial charge on any atom is -0.368 e. The molecule has 0 unspecified atom stereocenters. The number of anilines is 1. The van der Waals surface area contributed by atoms with E-state index in [1.165, 1.54) is 25.7 Å². The normalized spacial score (nSPS) is 15.7. The Morgan fingerprint density at radius 1 is 1.22 bits per heavy atom. The van der Waals surface area contributed by atoms with E-state index in [2.05, 4.69) is 44.9 Å². The van der Waals surface area contributed by atoms with Gasteiger partial charge in [-0.2, -0.15) is 5.10 Å². The van der Waals surface area contributed by atoms with Gasteiger partial charge in [0.2, 0.25) is 0 Å². The minimum absolute atomic E-state index is 0. The second kappa shape index (κ2) is 10.0. The lowest BCUT2D eigenvalue weighted by atomic mass is 9.67. The Morgan fingerprint density at radius 2 is 2.04 bits per heavy atom. The van der Waals surface area contributed by atoms with Gasteiger partial charge in [0.1, 0.15) is 12.1 Å². The Labute approximate surface area is 178 Å². The molecule has 27 heavy (non-hydrogen) atoms. The highest BCUT2D eigenvalue weighted by Crippen LogP contribution is 2.43. The van der Waals surface area contributed by atoms with Crippen molar-refractivity contribution in [1.82, 2.24) is 30.4 Å². The first-order chi connectivity index (χ1) is 12.7. The average Bonchev–Trinajstić information content (AvgIpc) is 3.00. The summed E-state index contributed by atoms with van der Waals surface area (Å²) in [4.78, 5) is 13.4. The van der Waals surface area contributed by atoms with E-state index in [-0.39, 0.29) is 24.0 Å². The summed E-state index contributed by atoms with van der Waals surface area (Å²) in [5, 5.41) is 15.3. The molecular formula is C18H31IN8. The third kappa shape index (κ3) is 5.20. The standard InChI is InChI=1S/C18H30N8.HI/c1-4-18(7-6-8-18)12-22-17(19-5-2)21-10-9-20-15-14-11-25-26(3)16(14)24-13-23-15;/h11,13H,4-10,12H2,1-3H3,(H2,19,21,22)(H,20,23,24);1H. The number of guanidine groups is 1. The maximum atomic E-state index is 4.80. The molecule has 1 fully saturated rings. The van der Waals surface area contributed by atoms with Crippen molar-refractivity contribution in [3.8, 4) is 0 Å². The highest BCUT2D eigenvalue weighted by Gasteiger charge is 2.34. The number of aliphatic imine (C=N–C) groups is 1. The maximum absolute atomic E-state index is 4.80. The van der Waals surface area contributed by atoms with Crippen LogP contribution in [0.1, 0.15) is 39.5 Å². The van der Waals surface area contributed by atoms with Gasteiger partial charge in [0, 0.05) is 33.2 Å². The Bertz CT molecular complexity index is 747. The van der Waals surface area contributed by atoms with Crippen LogP contribution in [-0.2, 0) is 7.05 Å². The van der Waals surface area contributed by atoms with Crippen LogP contribution in [0.2, 0.25) is 0 Å². The molecule has 0 aliphatic heterocycles. The van der Waals surface area contributed by atoms with Crippen LogP contribution >= 0.6 is 24.0 Å². The summed E-state index contributed by atoms with van der Waals surface area (Å²) in [6.07, 6.45) is 8.53. The summed E-state index contributed by atoms with van der Waals surface area (Å²) in [5.74, 6) is 1.70. The molecule has 1 aliphatic rings. The smallest absolute Gasteiger partial charge is 0.191 e. The topological polar surface area (TPSA) is 92.1 Å². The molecule has 0 bridgehead atoms. The zero-order valence-electron chi connectivity index (χ0n) is 16.5. The number of hydrogen-bond donors (Lipinski definition) is 3. The molecule has 0 radical (unpaired) electrons. The molecule has 9 heteroatoms. The molecule has 0 saturated heterocycles. The van der Waals surface area contributed by atoms with Gasteiger partial charge in [-0.1, -0.05) is 13.3 Å². The van der Waals surface area contributed by atoms with E-state index in [9.17, 15) is 0 Å². The molecule has 0 spiro atoms. The van der Waals surface area contributed by atoms with Gasteiger partial charge in [0.15, 0.2) is 11.6 Å². The molecule has 1 aliphatic carbocycles. The van der Waals surface area contributed by atoms with Crippen molar-refractivity contribution >= 4 is 46.8 Å². The zero-order chi connectivity index (χ0) is 18.4. The first kappa shape index (κ1) is 21.6. The van der Waals surface area contributed by atoms with E-state index in [1.54, 1.807) is 17.2 Å². The van der Waals surface area contributed by atoms with Crippen LogP contribution in [0.25, 0.3) is 11.0 Å². The van der Waals surface area contributed by atoms with Crippen LogP contribution in [0.5, 0.6) is 0 Å². The monoisotopic (exact) mass is 486 g/mol. The predicted molar refractivity (Wildman–Crippen MR) is 121 cm³/mol. The second-order valence-corrected chi connectivity index (χ2v) is 6.98. The summed E-state index contributed by atoms with van der Waals surface area (Å²) in [6.45, 7) is 7.64. The lowest BCUT2D eigenvalue weighted by Crippen LogP contribution is -2.41. The first-order valence-electron chi connectivity index (χ1n) is 9.56. The van der Waals surface area contributed by atoms with Gasteiger partial charge in [-0.05, 0) is 31.6 Å². The van der Waals surface area contributed by atoms with E-state index < -0.39 is 0 Å². The van der Waals surface area contributed by atoms with Gasteiger partial charge in [0.05, 0.1) is 11.6 Å². The van der Waals surface area contributed by atoms with Gasteiger partial charge in [-0.3, -0.25) is 9.67 Å². The zero-order valence-corrected chi connectivity index (χ0v) is 18.8. The highest BCUT2D eigenvalue weighted by atomic mass is 127. The van der Waals surface area contributed by atoms with Gasteiger partial charge in [-0.25, -0.2) is 9.97 Å². The molecule has 0 amide bonds. The number of halogens is 1. The fraction of sp³-hybridized carbons (Fsp3) is 0.667. The summed E-state index contributed by atoms with van der Waals surface area (Å²) < 4.78 is 1.75. The molecule has 0 atom stereocenters. The predicted octanol–water partition coefficient (Wildman–Crippen LogP) is 2.53. The van der Waals surface area contributed by atoms with E-state index in [4.69, 9.17) is 4.99 Å². The molecule has 2 heterocycles. The van der Waals surface area contributed by atoms with Gasteiger partial charge < -0.3 is 16.0 Å². The largest absolute Gasteiger partial charge is 0.368 e. The first-order valence-corrected chi connectivity index (χ1v) is 9.56. The number of fused-ring (bicyclic) bond motifs is 1. The van der Waals surface area contributed by atoms with E-state index in [0.717, 1.165) is 49.0 Å². The molecule has 3 N–H and O–H groups in total. The van der Waals surface area contributed by atoms with E-state index >= 15 is 0 Å². The molecule has 0 aromatic carbocycles. The van der Waals surface area contributed by atoms with Gasteiger partial charge in [0.25, 0.3) is 0 Å². The highest BCUT2D eigenvalue weighted by molar-refractivity contribution is 14.0. The Morgan fingerprint density at radius 3 is 2.70 bits per heavy atom. The molecular weight excluding hydrogens is 455 g/mol. The third-order valence-corrected chi connectivity index (χ3v) is 5.32. The fourth-order valence-corrected chi connectivity index (χ4v) is 3.35. The second-order valence-electron chi connectivity index (χ2n) is 6.98. The quantitative estimate of drug-likeness (QED) is 0.230. The number of aromatic nitrogens is 4. The molecule has 2 aromatic rings. The van der Waals surface area contributed by atoms with Crippen molar-refractivity contribution in [2.75, 3.05) is 31.5 Å². The van der Waals surface area contributed by atoms with Crippen molar-refractivity contribution in [2.24, 2.45) is 17.5 Å². The van der Waals surface area contributed by atoms with E-state index in [1.807, 2.05) is 7.05 Å². The van der Waals surface area contributed by atoms with Crippen LogP contribution < -0.4 is 16.0 Å². The SMILES string of the molecule is CCNC(=NCC1(CC)CCC1)NCCNc1ncnc2c1cnn2C.I. The van der Waals surface area contributed by atoms with Crippen LogP contribution in [0.4, 0.5) is 5.82 Å². The van der Waals surface area contributed by atoms with E-state index in [0.29, 0.717) is 5.41 Å². The van der Waals surface area contributed by atoms with Crippen molar-refractivity contribution in [3.63, 3.8) is 0 Å². The van der Waals surface area contributed by atoms with Gasteiger partial charge >= 0.3 is 0 Å². The summed E-state index contributed by atoms with van der Waals surface area (Å²) in [7, 11) is 1.88. The van der Waals surface area contributed by atoms with Gasteiger partial charge in [-0.15, -0.1) is 24.0 Å². The summed E-state index contributed by atoms with van der Waals surface area (Å²) in [6, 6.07) is 0. The number of nitrogens with zero attached hydrogens (tertiary/aromatic N) is 5. The number of nitrogens with one attached hydrogen (secondary N) is 3. The fourth-order valence-electron chi connectivity index (χ4n) is 3.35. The van der Waals surface area contributed by atoms with Crippen molar-refractivity contribution in [3.05, 3.63) is 12.5 Å². The molecule has 1 saturated carbocycles. The lowest BCUT2D eigenvalue weighted by Gasteiger charge is -2.40. The third-order valence-electron chi connectivity index (χ3n) is 5.32. The minimum atomic E-state index is 0. The average molecular weight is 486 g/mol. The van der Waals surface area contributed by atoms with Crippen LogP contribution in [0.15, 0.2) is 17.5 Å². The van der Waals surface area contributed by atoms with Crippen LogP contribution in [0.3, 0.4) is 0 Å². The summed E-state index contributed by atoms with van der Waals surface area (Å²) in [5.41, 5.74) is 1.27.